The van der Waals surface area contributed by atoms with Gasteiger partial charge in [0.1, 0.15) is 11.6 Å². The van der Waals surface area contributed by atoms with Gasteiger partial charge in [0.2, 0.25) is 0 Å². The highest BCUT2D eigenvalue weighted by Gasteiger charge is 2.05. The molecule has 1 aromatic rings. The van der Waals surface area contributed by atoms with Gasteiger partial charge in [0.25, 0.3) is 5.24 Å². The van der Waals surface area contributed by atoms with Crippen LogP contribution < -0.4 is 4.74 Å². The van der Waals surface area contributed by atoms with Gasteiger partial charge in [-0.3, -0.25) is 4.79 Å². The second kappa shape index (κ2) is 3.54. The molecule has 0 bridgehead atoms. The van der Waals surface area contributed by atoms with E-state index in [1.165, 1.54) is 19.2 Å². The maximum absolute atomic E-state index is 12.7. The second-order valence-corrected chi connectivity index (χ2v) is 2.50. The largest absolute Gasteiger partial charge is 0.497 e. The number of hydrogen-bond acceptors (Lipinski definition) is 2. The third-order valence-electron chi connectivity index (χ3n) is 1.33. The Morgan fingerprint density at radius 3 is 2.67 bits per heavy atom. The lowest BCUT2D eigenvalue weighted by Gasteiger charge is -2.00. The van der Waals surface area contributed by atoms with Crippen LogP contribution in [0.2, 0.25) is 0 Å². The molecule has 2 nitrogen and oxygen atoms in total. The van der Waals surface area contributed by atoms with Crippen molar-refractivity contribution in [3.63, 3.8) is 0 Å². The minimum Gasteiger partial charge on any atom is -0.497 e. The first-order chi connectivity index (χ1) is 5.63. The lowest BCUT2D eigenvalue weighted by atomic mass is 10.2. The summed E-state index contributed by atoms with van der Waals surface area (Å²) >= 11 is 5.14. The van der Waals surface area contributed by atoms with E-state index in [9.17, 15) is 9.18 Å². The number of carbonyl (C=O) groups is 1. The van der Waals surface area contributed by atoms with Gasteiger partial charge in [-0.25, -0.2) is 4.39 Å². The molecule has 12 heavy (non-hydrogen) atoms. The molecule has 0 heterocycles. The van der Waals surface area contributed by atoms with Gasteiger partial charge in [0.05, 0.1) is 7.11 Å². The first-order valence-electron chi connectivity index (χ1n) is 3.18. The van der Waals surface area contributed by atoms with Crippen LogP contribution in [0.1, 0.15) is 10.4 Å². The zero-order valence-corrected chi connectivity index (χ0v) is 7.06. The van der Waals surface area contributed by atoms with Crippen LogP contribution >= 0.6 is 11.6 Å². The van der Waals surface area contributed by atoms with Gasteiger partial charge in [0, 0.05) is 11.6 Å². The molecule has 0 aliphatic heterocycles. The van der Waals surface area contributed by atoms with Gasteiger partial charge in [-0.05, 0) is 23.7 Å². The summed E-state index contributed by atoms with van der Waals surface area (Å²) in [6.45, 7) is 0. The van der Waals surface area contributed by atoms with Gasteiger partial charge in [-0.2, -0.15) is 0 Å². The van der Waals surface area contributed by atoms with Gasteiger partial charge < -0.3 is 4.74 Å². The zero-order chi connectivity index (χ0) is 9.14. The van der Waals surface area contributed by atoms with Crippen LogP contribution in [0.3, 0.4) is 0 Å². The van der Waals surface area contributed by atoms with E-state index in [1.807, 2.05) is 0 Å². The first kappa shape index (κ1) is 9.00. The quantitative estimate of drug-likeness (QED) is 0.666. The number of benzene rings is 1. The molecule has 0 radical (unpaired) electrons. The highest BCUT2D eigenvalue weighted by atomic mass is 35.5. The molecule has 0 aliphatic rings. The molecule has 0 N–H and O–H groups in total. The Labute approximate surface area is 73.9 Å². The Morgan fingerprint density at radius 2 is 2.17 bits per heavy atom. The molecule has 0 amide bonds. The van der Waals surface area contributed by atoms with E-state index in [0.717, 1.165) is 6.07 Å². The van der Waals surface area contributed by atoms with Crippen molar-refractivity contribution in [2.75, 3.05) is 7.11 Å². The van der Waals surface area contributed by atoms with E-state index in [-0.39, 0.29) is 11.3 Å². The highest BCUT2D eigenvalue weighted by Crippen LogP contribution is 2.16. The van der Waals surface area contributed by atoms with Crippen LogP contribution in [0.5, 0.6) is 5.75 Å². The van der Waals surface area contributed by atoms with Crippen molar-refractivity contribution in [3.8, 4) is 5.75 Å². The van der Waals surface area contributed by atoms with Crippen molar-refractivity contribution in [2.24, 2.45) is 0 Å². The molecule has 0 atom stereocenters. The molecule has 64 valence electrons. The van der Waals surface area contributed by atoms with Crippen LogP contribution in [0.4, 0.5) is 4.39 Å². The van der Waals surface area contributed by atoms with Gasteiger partial charge >= 0.3 is 0 Å². The minimum atomic E-state index is -0.701. The average molecular weight is 189 g/mol. The monoisotopic (exact) mass is 188 g/mol. The van der Waals surface area contributed by atoms with Crippen LogP contribution in [0.25, 0.3) is 0 Å². The summed E-state index contributed by atoms with van der Waals surface area (Å²) in [5, 5.41) is -0.701. The van der Waals surface area contributed by atoms with Crippen LogP contribution in [0, 0.1) is 5.82 Å². The number of methoxy groups -OCH3 is 1. The van der Waals surface area contributed by atoms with E-state index in [1.54, 1.807) is 0 Å². The number of ether oxygens (including phenoxy) is 1. The number of hydrogen-bond donors (Lipinski definition) is 0. The SMILES string of the molecule is COc1cc(F)cc(C(=O)Cl)c1. The molecule has 0 fully saturated rings. The minimum absolute atomic E-state index is 0.0912. The van der Waals surface area contributed by atoms with E-state index >= 15 is 0 Å². The molecule has 0 unspecified atom stereocenters. The summed E-state index contributed by atoms with van der Waals surface area (Å²) in [4.78, 5) is 10.6. The fourth-order valence-corrected chi connectivity index (χ4v) is 0.903. The Kier molecular flexibility index (Phi) is 2.65. The molecule has 1 rings (SSSR count). The van der Waals surface area contributed by atoms with E-state index in [4.69, 9.17) is 16.3 Å². The Balaban J connectivity index is 3.15. The fraction of sp³-hybridized carbons (Fsp3) is 0.125. The van der Waals surface area contributed by atoms with Crippen molar-refractivity contribution in [3.05, 3.63) is 29.6 Å². The number of carbonyl (C=O) groups excluding carboxylic acids is 1. The summed E-state index contributed by atoms with van der Waals surface area (Å²) in [5.41, 5.74) is 0.0912. The third-order valence-corrected chi connectivity index (χ3v) is 1.55. The van der Waals surface area contributed by atoms with Gasteiger partial charge in [0.15, 0.2) is 0 Å². The van der Waals surface area contributed by atoms with E-state index in [2.05, 4.69) is 0 Å². The maximum atomic E-state index is 12.7. The first-order valence-corrected chi connectivity index (χ1v) is 3.55. The summed E-state index contributed by atoms with van der Waals surface area (Å²) in [5.74, 6) is -0.266. The average Bonchev–Trinajstić information content (AvgIpc) is 2.03. The summed E-state index contributed by atoms with van der Waals surface area (Å²) in [6, 6.07) is 3.60. The number of rotatable bonds is 2. The van der Waals surface area contributed by atoms with Crippen molar-refractivity contribution in [1.29, 1.82) is 0 Å². The lowest BCUT2D eigenvalue weighted by Crippen LogP contribution is -1.92. The molecule has 4 heteroatoms. The zero-order valence-electron chi connectivity index (χ0n) is 6.30. The molecule has 0 saturated heterocycles. The van der Waals surface area contributed by atoms with Crippen molar-refractivity contribution in [2.45, 2.75) is 0 Å². The van der Waals surface area contributed by atoms with Gasteiger partial charge in [-0.15, -0.1) is 0 Å². The highest BCUT2D eigenvalue weighted by molar-refractivity contribution is 6.67. The fourth-order valence-electron chi connectivity index (χ4n) is 0.794. The molecule has 1 aromatic carbocycles. The Morgan fingerprint density at radius 1 is 1.50 bits per heavy atom. The molecule has 0 aliphatic carbocycles. The number of halogens is 2. The van der Waals surface area contributed by atoms with Crippen LogP contribution in [-0.4, -0.2) is 12.4 Å². The van der Waals surface area contributed by atoms with Crippen molar-refractivity contribution < 1.29 is 13.9 Å². The smallest absolute Gasteiger partial charge is 0.252 e. The topological polar surface area (TPSA) is 26.3 Å². The van der Waals surface area contributed by atoms with Crippen molar-refractivity contribution in [1.82, 2.24) is 0 Å². The van der Waals surface area contributed by atoms with Crippen molar-refractivity contribution >= 4 is 16.8 Å². The predicted molar refractivity (Wildman–Crippen MR) is 43.1 cm³/mol. The molecular weight excluding hydrogens is 183 g/mol. The van der Waals surface area contributed by atoms with Crippen LogP contribution in [-0.2, 0) is 0 Å². The van der Waals surface area contributed by atoms with Gasteiger partial charge in [-0.1, -0.05) is 0 Å². The molecule has 0 spiro atoms. The lowest BCUT2D eigenvalue weighted by molar-refractivity contribution is 0.108. The summed E-state index contributed by atoms with van der Waals surface area (Å²) in [7, 11) is 1.39. The van der Waals surface area contributed by atoms with E-state index in [0.29, 0.717) is 0 Å². The normalized spacial score (nSPS) is 9.58. The summed E-state index contributed by atoms with van der Waals surface area (Å²) in [6.07, 6.45) is 0. The molecule has 0 saturated carbocycles. The summed E-state index contributed by atoms with van der Waals surface area (Å²) < 4.78 is 17.4. The van der Waals surface area contributed by atoms with Crippen LogP contribution in [0.15, 0.2) is 18.2 Å². The van der Waals surface area contributed by atoms with E-state index < -0.39 is 11.1 Å². The third kappa shape index (κ3) is 1.95. The Bertz CT molecular complexity index is 312. The molecule has 0 aromatic heterocycles. The predicted octanol–water partition coefficient (Wildman–Crippen LogP) is 2.21. The molecular formula is C8H6ClFO2. The second-order valence-electron chi connectivity index (χ2n) is 2.15. The maximum Gasteiger partial charge on any atom is 0.252 e. The standard InChI is InChI=1S/C8H6ClFO2/c1-12-7-3-5(8(9)11)2-6(10)4-7/h2-4H,1H3. The Hall–Kier alpha value is -1.09.